The molecule has 10 heteroatoms. The second-order valence-corrected chi connectivity index (χ2v) is 10.3. The Labute approximate surface area is 230 Å². The van der Waals surface area contributed by atoms with Crippen molar-refractivity contribution >= 4 is 24.6 Å². The molecule has 0 saturated carbocycles. The smallest absolute Gasteiger partial charge is 0.317 e. The normalized spacial score (nSPS) is 12.7. The second kappa shape index (κ2) is 14.5. The summed E-state index contributed by atoms with van der Waals surface area (Å²) in [6.45, 7) is 9.42. The van der Waals surface area contributed by atoms with Crippen molar-refractivity contribution in [1.82, 2.24) is 36.2 Å². The van der Waals surface area contributed by atoms with Crippen LogP contribution >= 0.6 is 12.6 Å². The highest BCUT2D eigenvalue weighted by Gasteiger charge is 2.20. The highest BCUT2D eigenvalue weighted by Crippen LogP contribution is 2.29. The molecular weight excluding hydrogens is 498 g/mol. The van der Waals surface area contributed by atoms with Gasteiger partial charge < -0.3 is 15.5 Å². The van der Waals surface area contributed by atoms with Crippen LogP contribution in [0.5, 0.6) is 0 Å². The number of aromatic nitrogens is 4. The number of benzene rings is 2. The zero-order chi connectivity index (χ0) is 27.5. The van der Waals surface area contributed by atoms with E-state index in [1.54, 1.807) is 4.90 Å². The van der Waals surface area contributed by atoms with E-state index >= 15 is 0 Å². The quantitative estimate of drug-likeness (QED) is 0.239. The van der Waals surface area contributed by atoms with E-state index in [1.807, 2.05) is 62.4 Å². The van der Waals surface area contributed by atoms with Gasteiger partial charge in [0.2, 0.25) is 5.91 Å². The number of H-pyrrole nitrogens is 1. The Hall–Kier alpha value is -3.40. The third-order valence-electron chi connectivity index (χ3n) is 6.46. The molecule has 2 aromatic carbocycles. The van der Waals surface area contributed by atoms with Crippen LogP contribution in [0.2, 0.25) is 0 Å². The summed E-state index contributed by atoms with van der Waals surface area (Å²) in [5.74, 6) is 1.38. The Kier molecular flexibility index (Phi) is 11.1. The lowest BCUT2D eigenvalue weighted by atomic mass is 9.98. The maximum atomic E-state index is 13.1. The molecule has 204 valence electrons. The molecule has 0 saturated heterocycles. The molecular formula is C28H39N7O2S. The predicted octanol–water partition coefficient (Wildman–Crippen LogP) is 4.55. The molecule has 3 amide bonds. The number of carbonyl (C=O) groups is 2. The van der Waals surface area contributed by atoms with Gasteiger partial charge in [-0.1, -0.05) is 69.3 Å². The zero-order valence-corrected chi connectivity index (χ0v) is 23.5. The molecule has 0 aliphatic carbocycles. The molecule has 0 aliphatic rings. The van der Waals surface area contributed by atoms with Gasteiger partial charge in [-0.25, -0.2) is 9.89 Å². The van der Waals surface area contributed by atoms with E-state index in [1.165, 1.54) is 0 Å². The van der Waals surface area contributed by atoms with Crippen LogP contribution in [0.25, 0.3) is 22.5 Å². The van der Waals surface area contributed by atoms with Gasteiger partial charge in [-0.05, 0) is 52.8 Å². The maximum Gasteiger partial charge on any atom is 0.317 e. The molecule has 3 rings (SSSR count). The summed E-state index contributed by atoms with van der Waals surface area (Å²) in [6.07, 6.45) is 1.62. The lowest BCUT2D eigenvalue weighted by Gasteiger charge is -2.26. The number of nitrogens with one attached hydrogen (secondary N) is 3. The predicted molar refractivity (Wildman–Crippen MR) is 154 cm³/mol. The summed E-state index contributed by atoms with van der Waals surface area (Å²) in [5, 5.41) is 20.3. The van der Waals surface area contributed by atoms with Crippen molar-refractivity contribution < 1.29 is 9.59 Å². The number of aromatic amines is 1. The molecule has 1 heterocycles. The van der Waals surface area contributed by atoms with Gasteiger partial charge in [0.25, 0.3) is 0 Å². The maximum absolute atomic E-state index is 13.1. The third kappa shape index (κ3) is 8.31. The fourth-order valence-electron chi connectivity index (χ4n) is 4.17. The van der Waals surface area contributed by atoms with Gasteiger partial charge in [-0.15, -0.1) is 5.10 Å². The first-order valence-electron chi connectivity index (χ1n) is 13.2. The minimum Gasteiger partial charge on any atom is -0.354 e. The van der Waals surface area contributed by atoms with E-state index in [0.717, 1.165) is 35.1 Å². The first-order valence-corrected chi connectivity index (χ1v) is 13.8. The Morgan fingerprint density at radius 3 is 2.37 bits per heavy atom. The molecule has 0 bridgehead atoms. The Morgan fingerprint density at radius 2 is 1.76 bits per heavy atom. The largest absolute Gasteiger partial charge is 0.354 e. The number of thiol groups is 1. The van der Waals surface area contributed by atoms with E-state index in [9.17, 15) is 9.59 Å². The molecule has 38 heavy (non-hydrogen) atoms. The number of urea groups is 1. The summed E-state index contributed by atoms with van der Waals surface area (Å²) in [6, 6.07) is 16.0. The lowest BCUT2D eigenvalue weighted by molar-refractivity contribution is -0.124. The molecule has 3 aromatic rings. The minimum absolute atomic E-state index is 0.0130. The fourth-order valence-corrected chi connectivity index (χ4v) is 4.49. The van der Waals surface area contributed by atoms with E-state index in [4.69, 9.17) is 0 Å². The van der Waals surface area contributed by atoms with E-state index in [2.05, 4.69) is 57.7 Å². The number of rotatable bonds is 13. The highest BCUT2D eigenvalue weighted by atomic mass is 32.1. The van der Waals surface area contributed by atoms with Gasteiger partial charge in [0.15, 0.2) is 5.82 Å². The fraction of sp³-hybridized carbons (Fsp3) is 0.464. The average Bonchev–Trinajstić information content (AvgIpc) is 3.46. The van der Waals surface area contributed by atoms with Crippen LogP contribution < -0.4 is 10.6 Å². The van der Waals surface area contributed by atoms with Crippen LogP contribution in [0.15, 0.2) is 48.5 Å². The Balaban J connectivity index is 1.70. The number of amides is 3. The van der Waals surface area contributed by atoms with Crippen molar-refractivity contribution in [3.63, 3.8) is 0 Å². The van der Waals surface area contributed by atoms with Gasteiger partial charge in [0, 0.05) is 42.9 Å². The van der Waals surface area contributed by atoms with Crippen LogP contribution in [0.4, 0.5) is 4.79 Å². The summed E-state index contributed by atoms with van der Waals surface area (Å²) < 4.78 is 0. The number of nitrogens with zero attached hydrogens (tertiary/aromatic N) is 4. The topological polar surface area (TPSA) is 116 Å². The monoisotopic (exact) mass is 537 g/mol. The molecule has 0 radical (unpaired) electrons. The molecule has 9 nitrogen and oxygen atoms in total. The number of tetrazole rings is 1. The summed E-state index contributed by atoms with van der Waals surface area (Å²) in [7, 11) is 0. The lowest BCUT2D eigenvalue weighted by Crippen LogP contribution is -2.46. The summed E-state index contributed by atoms with van der Waals surface area (Å²) >= 11 is 4.35. The van der Waals surface area contributed by atoms with Gasteiger partial charge >= 0.3 is 6.03 Å². The van der Waals surface area contributed by atoms with E-state index < -0.39 is 0 Å². The van der Waals surface area contributed by atoms with Crippen molar-refractivity contribution in [3.05, 3.63) is 54.1 Å². The molecule has 1 aromatic heterocycles. The molecule has 0 aliphatic heterocycles. The third-order valence-corrected chi connectivity index (χ3v) is 6.90. The Bertz CT molecular complexity index is 1150. The van der Waals surface area contributed by atoms with Crippen LogP contribution in [0, 0.1) is 11.8 Å². The van der Waals surface area contributed by atoms with Gasteiger partial charge in [-0.3, -0.25) is 4.79 Å². The van der Waals surface area contributed by atoms with Crippen LogP contribution in [0.3, 0.4) is 0 Å². The van der Waals surface area contributed by atoms with Crippen molar-refractivity contribution in [2.24, 2.45) is 11.8 Å². The molecule has 2 unspecified atom stereocenters. The SMILES string of the molecule is CCC(C)NC(=O)N(CCNC(=O)C(CS)CC(C)C)Cc1ccc(-c2ccccc2-c2nnn[nH]2)cc1. The zero-order valence-electron chi connectivity index (χ0n) is 22.6. The van der Waals surface area contributed by atoms with Crippen LogP contribution in [-0.2, 0) is 11.3 Å². The second-order valence-electron chi connectivity index (χ2n) is 9.97. The first-order chi connectivity index (χ1) is 18.3. The summed E-state index contributed by atoms with van der Waals surface area (Å²) in [4.78, 5) is 27.4. The summed E-state index contributed by atoms with van der Waals surface area (Å²) in [5.41, 5.74) is 3.93. The standard InChI is InChI=1S/C28H39N7O2S/c1-5-20(4)30-28(37)35(15-14-29-27(36)23(18-38)16-19(2)3)17-21-10-12-22(13-11-21)24-8-6-7-9-25(24)26-31-33-34-32-26/h6-13,19-20,23,38H,5,14-18H2,1-4H3,(H,29,36)(H,30,37)(H,31,32,33,34). The number of carbonyl (C=O) groups excluding carboxylic acids is 2. The Morgan fingerprint density at radius 1 is 1.05 bits per heavy atom. The molecule has 2 atom stereocenters. The van der Waals surface area contributed by atoms with E-state index in [-0.39, 0.29) is 23.9 Å². The van der Waals surface area contributed by atoms with Crippen molar-refractivity contribution in [1.29, 1.82) is 0 Å². The van der Waals surface area contributed by atoms with Crippen LogP contribution in [-0.4, -0.2) is 62.3 Å². The number of hydrogen-bond donors (Lipinski definition) is 4. The van der Waals surface area contributed by atoms with Gasteiger partial charge in [0.1, 0.15) is 0 Å². The van der Waals surface area contributed by atoms with Gasteiger partial charge in [0.05, 0.1) is 0 Å². The molecule has 0 spiro atoms. The first kappa shape index (κ1) is 29.2. The van der Waals surface area contributed by atoms with Crippen molar-refractivity contribution in [2.45, 2.75) is 53.1 Å². The van der Waals surface area contributed by atoms with Crippen molar-refractivity contribution in [2.75, 3.05) is 18.8 Å². The van der Waals surface area contributed by atoms with Crippen LogP contribution in [0.1, 0.15) is 46.1 Å². The highest BCUT2D eigenvalue weighted by molar-refractivity contribution is 7.80. The molecule has 0 fully saturated rings. The number of hydrogen-bond acceptors (Lipinski definition) is 6. The van der Waals surface area contributed by atoms with Gasteiger partial charge in [-0.2, -0.15) is 12.6 Å². The average molecular weight is 538 g/mol. The van der Waals surface area contributed by atoms with E-state index in [0.29, 0.717) is 37.1 Å². The van der Waals surface area contributed by atoms with Crippen molar-refractivity contribution in [3.8, 4) is 22.5 Å². The minimum atomic E-state index is -0.145. The molecule has 3 N–H and O–H groups in total.